The predicted molar refractivity (Wildman–Crippen MR) is 79.8 cm³/mol. The molecule has 4 atom stereocenters. The Morgan fingerprint density at radius 3 is 2.60 bits per heavy atom. The standard InChI is InChI=1S/C14H24N2O3S/c1-4-12-16(11(8-20-12)13(17)18)14(19)15-6-5-9(2)7-10(15)3/h9-12H,4-8H2,1-3H3,(H,17,18). The van der Waals surface area contributed by atoms with Crippen LogP contribution in [0.15, 0.2) is 0 Å². The van der Waals surface area contributed by atoms with Gasteiger partial charge in [0, 0.05) is 18.3 Å². The summed E-state index contributed by atoms with van der Waals surface area (Å²) in [5, 5.41) is 9.32. The van der Waals surface area contributed by atoms with Gasteiger partial charge in [-0.15, -0.1) is 11.8 Å². The van der Waals surface area contributed by atoms with Crippen LogP contribution in [0.4, 0.5) is 4.79 Å². The van der Waals surface area contributed by atoms with E-state index >= 15 is 0 Å². The molecule has 6 heteroatoms. The zero-order valence-corrected chi connectivity index (χ0v) is 13.2. The molecule has 2 aliphatic heterocycles. The zero-order valence-electron chi connectivity index (χ0n) is 12.4. The highest BCUT2D eigenvalue weighted by atomic mass is 32.2. The van der Waals surface area contributed by atoms with E-state index in [1.165, 1.54) is 0 Å². The Bertz CT molecular complexity index is 391. The van der Waals surface area contributed by atoms with E-state index in [4.69, 9.17) is 0 Å². The van der Waals surface area contributed by atoms with Gasteiger partial charge in [0.1, 0.15) is 6.04 Å². The van der Waals surface area contributed by atoms with Crippen molar-refractivity contribution in [3.8, 4) is 0 Å². The van der Waals surface area contributed by atoms with Crippen molar-refractivity contribution in [3.63, 3.8) is 0 Å². The number of urea groups is 1. The molecule has 114 valence electrons. The molecule has 2 saturated heterocycles. The van der Waals surface area contributed by atoms with Crippen molar-refractivity contribution in [3.05, 3.63) is 0 Å². The first-order chi connectivity index (χ1) is 9.45. The molecular formula is C14H24N2O3S. The molecule has 2 rings (SSSR count). The van der Waals surface area contributed by atoms with Crippen LogP contribution >= 0.6 is 11.8 Å². The fourth-order valence-electron chi connectivity index (χ4n) is 3.16. The smallest absolute Gasteiger partial charge is 0.327 e. The quantitative estimate of drug-likeness (QED) is 0.851. The first-order valence-electron chi connectivity index (χ1n) is 7.39. The van der Waals surface area contributed by atoms with Gasteiger partial charge in [0.15, 0.2) is 0 Å². The molecular weight excluding hydrogens is 276 g/mol. The van der Waals surface area contributed by atoms with E-state index in [-0.39, 0.29) is 17.4 Å². The van der Waals surface area contributed by atoms with Crippen LogP contribution in [0.2, 0.25) is 0 Å². The van der Waals surface area contributed by atoms with E-state index in [0.717, 1.165) is 25.8 Å². The second-order valence-corrected chi connectivity index (χ2v) is 7.12. The molecule has 0 aromatic carbocycles. The van der Waals surface area contributed by atoms with Crippen molar-refractivity contribution < 1.29 is 14.7 Å². The number of rotatable bonds is 2. The lowest BCUT2D eigenvalue weighted by Gasteiger charge is -2.40. The van der Waals surface area contributed by atoms with Gasteiger partial charge in [0.25, 0.3) is 0 Å². The number of hydrogen-bond acceptors (Lipinski definition) is 3. The molecule has 4 unspecified atom stereocenters. The molecule has 2 fully saturated rings. The molecule has 1 N–H and O–H groups in total. The number of hydrogen-bond donors (Lipinski definition) is 1. The van der Waals surface area contributed by atoms with Crippen molar-refractivity contribution in [2.75, 3.05) is 12.3 Å². The molecule has 0 bridgehead atoms. The Hall–Kier alpha value is -0.910. The minimum absolute atomic E-state index is 0.00449. The van der Waals surface area contributed by atoms with E-state index < -0.39 is 12.0 Å². The molecule has 2 amide bonds. The van der Waals surface area contributed by atoms with E-state index in [2.05, 4.69) is 13.8 Å². The third-order valence-corrected chi connectivity index (χ3v) is 5.79. The van der Waals surface area contributed by atoms with Crippen LogP contribution in [-0.2, 0) is 4.79 Å². The monoisotopic (exact) mass is 300 g/mol. The molecule has 0 spiro atoms. The van der Waals surface area contributed by atoms with Crippen LogP contribution < -0.4 is 0 Å². The molecule has 20 heavy (non-hydrogen) atoms. The topological polar surface area (TPSA) is 60.9 Å². The second-order valence-electron chi connectivity index (χ2n) is 5.91. The summed E-state index contributed by atoms with van der Waals surface area (Å²) in [6.07, 6.45) is 2.80. The first kappa shape index (κ1) is 15.5. The Morgan fingerprint density at radius 2 is 2.05 bits per heavy atom. The van der Waals surface area contributed by atoms with Gasteiger partial charge < -0.3 is 10.0 Å². The van der Waals surface area contributed by atoms with E-state index in [1.807, 2.05) is 11.8 Å². The first-order valence-corrected chi connectivity index (χ1v) is 8.43. The number of piperidine rings is 1. The summed E-state index contributed by atoms with van der Waals surface area (Å²) in [4.78, 5) is 27.6. The SMILES string of the molecule is CCC1SCC(C(=O)O)N1C(=O)N1CCC(C)CC1C. The average molecular weight is 300 g/mol. The number of amides is 2. The second kappa shape index (κ2) is 6.24. The Labute approximate surface area is 124 Å². The van der Waals surface area contributed by atoms with Crippen LogP contribution in [-0.4, -0.2) is 56.7 Å². The minimum atomic E-state index is -0.889. The van der Waals surface area contributed by atoms with Gasteiger partial charge in [-0.05, 0) is 32.1 Å². The Balaban J connectivity index is 2.14. The summed E-state index contributed by atoms with van der Waals surface area (Å²) in [5.74, 6) is 0.247. The summed E-state index contributed by atoms with van der Waals surface area (Å²) in [5.41, 5.74) is 0. The minimum Gasteiger partial charge on any atom is -0.480 e. The number of carbonyl (C=O) groups is 2. The highest BCUT2D eigenvalue weighted by Gasteiger charge is 2.43. The maximum absolute atomic E-state index is 12.8. The van der Waals surface area contributed by atoms with Gasteiger partial charge in [0.2, 0.25) is 0 Å². The van der Waals surface area contributed by atoms with Gasteiger partial charge in [0.05, 0.1) is 5.37 Å². The fourth-order valence-corrected chi connectivity index (χ4v) is 4.51. The third-order valence-electron chi connectivity index (χ3n) is 4.33. The average Bonchev–Trinajstić information content (AvgIpc) is 2.81. The molecule has 0 saturated carbocycles. The van der Waals surface area contributed by atoms with E-state index in [0.29, 0.717) is 11.7 Å². The number of carboxylic acid groups (broad SMARTS) is 1. The van der Waals surface area contributed by atoms with Gasteiger partial charge >= 0.3 is 12.0 Å². The van der Waals surface area contributed by atoms with Gasteiger partial charge in [-0.3, -0.25) is 4.90 Å². The third kappa shape index (κ3) is 2.90. The summed E-state index contributed by atoms with van der Waals surface area (Å²) in [6.45, 7) is 7.02. The maximum Gasteiger partial charge on any atom is 0.327 e. The number of nitrogens with zero attached hydrogens (tertiary/aromatic N) is 2. The normalized spacial score (nSPS) is 34.4. The van der Waals surface area contributed by atoms with E-state index in [1.54, 1.807) is 16.7 Å². The summed E-state index contributed by atoms with van der Waals surface area (Å²) in [7, 11) is 0. The highest BCUT2D eigenvalue weighted by Crippen LogP contribution is 2.34. The number of aliphatic carboxylic acids is 1. The Kier molecular flexibility index (Phi) is 4.83. The Morgan fingerprint density at radius 1 is 1.35 bits per heavy atom. The van der Waals surface area contributed by atoms with Crippen LogP contribution in [0, 0.1) is 5.92 Å². The van der Waals surface area contributed by atoms with Crippen molar-refractivity contribution in [1.82, 2.24) is 9.80 Å². The summed E-state index contributed by atoms with van der Waals surface area (Å²) in [6, 6.07) is -0.568. The van der Waals surface area contributed by atoms with Gasteiger partial charge in [-0.1, -0.05) is 13.8 Å². The lowest BCUT2D eigenvalue weighted by molar-refractivity contribution is -0.141. The zero-order chi connectivity index (χ0) is 14.9. The highest BCUT2D eigenvalue weighted by molar-refractivity contribution is 8.00. The van der Waals surface area contributed by atoms with Crippen molar-refractivity contribution >= 4 is 23.8 Å². The van der Waals surface area contributed by atoms with Crippen molar-refractivity contribution in [2.45, 2.75) is 57.5 Å². The summed E-state index contributed by atoms with van der Waals surface area (Å²) >= 11 is 1.58. The molecule has 2 aliphatic rings. The molecule has 2 heterocycles. The molecule has 0 aliphatic carbocycles. The summed E-state index contributed by atoms with van der Waals surface area (Å²) < 4.78 is 0. The van der Waals surface area contributed by atoms with Crippen LogP contribution in [0.25, 0.3) is 0 Å². The van der Waals surface area contributed by atoms with Gasteiger partial charge in [-0.2, -0.15) is 0 Å². The number of carboxylic acids is 1. The number of carbonyl (C=O) groups excluding carboxylic acids is 1. The molecule has 0 aromatic rings. The van der Waals surface area contributed by atoms with Crippen LogP contribution in [0.5, 0.6) is 0 Å². The van der Waals surface area contributed by atoms with E-state index in [9.17, 15) is 14.7 Å². The maximum atomic E-state index is 12.8. The lowest BCUT2D eigenvalue weighted by atomic mass is 9.93. The van der Waals surface area contributed by atoms with Crippen LogP contribution in [0.1, 0.15) is 40.0 Å². The van der Waals surface area contributed by atoms with Crippen LogP contribution in [0.3, 0.4) is 0 Å². The number of likely N-dealkylation sites (tertiary alicyclic amines) is 1. The molecule has 0 radical (unpaired) electrons. The van der Waals surface area contributed by atoms with Gasteiger partial charge in [-0.25, -0.2) is 9.59 Å². The molecule has 5 nitrogen and oxygen atoms in total. The lowest BCUT2D eigenvalue weighted by Crippen LogP contribution is -2.55. The number of thioether (sulfide) groups is 1. The largest absolute Gasteiger partial charge is 0.480 e. The van der Waals surface area contributed by atoms with Crippen molar-refractivity contribution in [1.29, 1.82) is 0 Å². The van der Waals surface area contributed by atoms with Crippen molar-refractivity contribution in [2.24, 2.45) is 5.92 Å². The predicted octanol–water partition coefficient (Wildman–Crippen LogP) is 2.46. The fraction of sp³-hybridized carbons (Fsp3) is 0.857. The molecule has 0 aromatic heterocycles.